The van der Waals surface area contributed by atoms with Crippen LogP contribution >= 0.6 is 0 Å². The Hall–Kier alpha value is -3.72. The molecule has 1 aromatic rings. The summed E-state index contributed by atoms with van der Waals surface area (Å²) in [5.41, 5.74) is 1.58. The number of nitrogens with two attached hydrogens (primary N) is 1. The fourth-order valence-corrected chi connectivity index (χ4v) is 3.99. The van der Waals surface area contributed by atoms with Gasteiger partial charge in [-0.2, -0.15) is 26.3 Å². The number of fused-ring (bicyclic) bond motifs is 1. The molecule has 0 spiro atoms. The van der Waals surface area contributed by atoms with Crippen molar-refractivity contribution < 1.29 is 14.2 Å². The van der Waals surface area contributed by atoms with Crippen molar-refractivity contribution in [3.8, 4) is 30.3 Å². The molecule has 10 heteroatoms. The van der Waals surface area contributed by atoms with Crippen LogP contribution in [-0.2, 0) is 19.6 Å². The van der Waals surface area contributed by atoms with Crippen LogP contribution in [0.15, 0.2) is 0 Å². The second kappa shape index (κ2) is 9.40. The Balaban J connectivity index is 3.01. The number of hydrogen-bond acceptors (Lipinski definition) is 10. The Morgan fingerprint density at radius 2 is 1.52 bits per heavy atom. The lowest BCUT2D eigenvalue weighted by atomic mass is 9.64. The number of rotatable bonds is 8. The number of nitriles is 5. The fraction of sp³-hybridized carbons (Fsp3) is 0.524. The van der Waals surface area contributed by atoms with Crippen LogP contribution in [0.1, 0.15) is 55.7 Å². The zero-order valence-electron chi connectivity index (χ0n) is 17.5. The summed E-state index contributed by atoms with van der Waals surface area (Å²) < 4.78 is 16.9. The van der Waals surface area contributed by atoms with Crippen LogP contribution in [0.25, 0.3) is 0 Å². The normalized spacial score (nSPS) is 20.7. The Labute approximate surface area is 180 Å². The topological polar surface area (TPSA) is 186 Å². The molecule has 2 atom stereocenters. The van der Waals surface area contributed by atoms with E-state index in [2.05, 4.69) is 11.1 Å². The highest BCUT2D eigenvalue weighted by Crippen LogP contribution is 2.61. The van der Waals surface area contributed by atoms with Crippen molar-refractivity contribution in [3.05, 3.63) is 22.4 Å². The van der Waals surface area contributed by atoms with E-state index in [4.69, 9.17) is 19.9 Å². The van der Waals surface area contributed by atoms with Gasteiger partial charge >= 0.3 is 0 Å². The van der Waals surface area contributed by atoms with E-state index in [1.54, 1.807) is 20.8 Å². The van der Waals surface area contributed by atoms with Gasteiger partial charge in [-0.3, -0.25) is 0 Å². The highest BCUT2D eigenvalue weighted by Gasteiger charge is 2.69. The molecule has 31 heavy (non-hydrogen) atoms. The molecule has 2 rings (SSSR count). The van der Waals surface area contributed by atoms with E-state index in [-0.39, 0.29) is 54.4 Å². The Kier molecular flexibility index (Phi) is 7.14. The van der Waals surface area contributed by atoms with Crippen LogP contribution in [0.3, 0.4) is 0 Å². The highest BCUT2D eigenvalue weighted by molar-refractivity contribution is 5.68. The first-order valence-electron chi connectivity index (χ1n) is 9.64. The van der Waals surface area contributed by atoms with E-state index in [1.165, 1.54) is 0 Å². The molecule has 1 aromatic heterocycles. The van der Waals surface area contributed by atoms with Gasteiger partial charge in [0, 0.05) is 31.8 Å². The zero-order valence-corrected chi connectivity index (χ0v) is 17.5. The molecule has 1 heterocycles. The highest BCUT2D eigenvalue weighted by atomic mass is 16.7. The van der Waals surface area contributed by atoms with Gasteiger partial charge in [0.15, 0.2) is 11.7 Å². The third-order valence-corrected chi connectivity index (χ3v) is 5.27. The molecule has 0 unspecified atom stereocenters. The van der Waals surface area contributed by atoms with Gasteiger partial charge in [-0.1, -0.05) is 0 Å². The van der Waals surface area contributed by atoms with Crippen molar-refractivity contribution in [2.75, 3.05) is 25.6 Å². The van der Waals surface area contributed by atoms with Crippen LogP contribution in [0.2, 0.25) is 0 Å². The summed E-state index contributed by atoms with van der Waals surface area (Å²) in [6.07, 6.45) is -2.47. The second-order valence-electron chi connectivity index (χ2n) is 6.66. The number of ether oxygens (including phenoxy) is 3. The van der Waals surface area contributed by atoms with E-state index in [1.807, 2.05) is 24.3 Å². The number of anilines is 1. The molecule has 0 aromatic carbocycles. The van der Waals surface area contributed by atoms with Crippen molar-refractivity contribution in [1.29, 1.82) is 26.3 Å². The zero-order chi connectivity index (χ0) is 23.2. The second-order valence-corrected chi connectivity index (χ2v) is 6.66. The number of nitrogens with zero attached hydrogens (tertiary/aromatic N) is 6. The maximum atomic E-state index is 10.4. The Morgan fingerprint density at radius 1 is 0.935 bits per heavy atom. The van der Waals surface area contributed by atoms with Crippen LogP contribution in [0, 0.1) is 62.1 Å². The standard InChI is InChI=1S/C21H21N7O3/c1-4-29-15(30-5-2)7-20(10-24)17-16(13(8-22)14(9-23)19(27)28-17)18(31-6-3)21(20,11-25)12-26/h15,18H,4-7H2,1-3H3,(H2,27,28)/t18-,20-/m0/s1. The van der Waals surface area contributed by atoms with Crippen molar-refractivity contribution in [2.45, 2.75) is 45.0 Å². The Bertz CT molecular complexity index is 1050. The minimum absolute atomic E-state index is 0.0472. The minimum Gasteiger partial charge on any atom is -0.383 e. The van der Waals surface area contributed by atoms with Gasteiger partial charge in [0.1, 0.15) is 35.0 Å². The molecule has 1 aliphatic rings. The monoisotopic (exact) mass is 419 g/mol. The van der Waals surface area contributed by atoms with Crippen molar-refractivity contribution in [3.63, 3.8) is 0 Å². The van der Waals surface area contributed by atoms with Gasteiger partial charge in [0.05, 0.1) is 29.5 Å². The number of hydrogen-bond donors (Lipinski definition) is 1. The van der Waals surface area contributed by atoms with Crippen LogP contribution < -0.4 is 5.73 Å². The molecule has 0 aliphatic heterocycles. The van der Waals surface area contributed by atoms with E-state index < -0.39 is 23.2 Å². The summed E-state index contributed by atoms with van der Waals surface area (Å²) in [5.74, 6) is -0.274. The van der Waals surface area contributed by atoms with Crippen molar-refractivity contribution in [2.24, 2.45) is 5.41 Å². The molecule has 2 N–H and O–H groups in total. The van der Waals surface area contributed by atoms with Gasteiger partial charge in [-0.05, 0) is 20.8 Å². The molecule has 1 aliphatic carbocycles. The average Bonchev–Trinajstić information content (AvgIpc) is 2.99. The lowest BCUT2D eigenvalue weighted by molar-refractivity contribution is -0.151. The smallest absolute Gasteiger partial charge is 0.198 e. The lowest BCUT2D eigenvalue weighted by Gasteiger charge is -2.35. The van der Waals surface area contributed by atoms with E-state index in [9.17, 15) is 26.3 Å². The van der Waals surface area contributed by atoms with Crippen molar-refractivity contribution in [1.82, 2.24) is 4.98 Å². The molecule has 0 amide bonds. The average molecular weight is 419 g/mol. The molecule has 0 saturated carbocycles. The first kappa shape index (κ1) is 23.6. The minimum atomic E-state index is -2.09. The molecule has 0 radical (unpaired) electrons. The molecule has 158 valence electrons. The third-order valence-electron chi connectivity index (χ3n) is 5.27. The third kappa shape index (κ3) is 3.32. The van der Waals surface area contributed by atoms with Gasteiger partial charge in [0.25, 0.3) is 0 Å². The fourth-order valence-electron chi connectivity index (χ4n) is 3.99. The quantitative estimate of drug-likeness (QED) is 0.611. The van der Waals surface area contributed by atoms with Gasteiger partial charge in [-0.15, -0.1) is 0 Å². The van der Waals surface area contributed by atoms with Crippen molar-refractivity contribution >= 4 is 5.82 Å². The van der Waals surface area contributed by atoms with E-state index in [0.29, 0.717) is 0 Å². The first-order valence-corrected chi connectivity index (χ1v) is 9.64. The van der Waals surface area contributed by atoms with Gasteiger partial charge < -0.3 is 19.9 Å². The summed E-state index contributed by atoms with van der Waals surface area (Å²) in [4.78, 5) is 4.24. The molecule has 0 bridgehead atoms. The molecule has 0 fully saturated rings. The van der Waals surface area contributed by atoms with Crippen LogP contribution in [0.5, 0.6) is 0 Å². The predicted molar refractivity (Wildman–Crippen MR) is 105 cm³/mol. The van der Waals surface area contributed by atoms with Crippen LogP contribution in [-0.4, -0.2) is 31.1 Å². The van der Waals surface area contributed by atoms with Crippen LogP contribution in [0.4, 0.5) is 5.82 Å². The number of pyridine rings is 1. The maximum absolute atomic E-state index is 10.4. The summed E-state index contributed by atoms with van der Waals surface area (Å²) >= 11 is 0. The largest absolute Gasteiger partial charge is 0.383 e. The van der Waals surface area contributed by atoms with Gasteiger partial charge in [0.2, 0.25) is 0 Å². The molecular formula is C21H21N7O3. The summed E-state index contributed by atoms with van der Waals surface area (Å²) in [5, 5.41) is 50.0. The number of nitrogen functional groups attached to an aromatic ring is 1. The molecule has 10 nitrogen and oxygen atoms in total. The summed E-state index contributed by atoms with van der Waals surface area (Å²) in [6.45, 7) is 5.72. The molecular weight excluding hydrogens is 398 g/mol. The van der Waals surface area contributed by atoms with E-state index in [0.717, 1.165) is 0 Å². The number of aromatic nitrogens is 1. The summed E-state index contributed by atoms with van der Waals surface area (Å²) in [6, 6.07) is 9.74. The predicted octanol–water partition coefficient (Wildman–Crippen LogP) is 2.08. The maximum Gasteiger partial charge on any atom is 0.198 e. The molecule has 0 saturated heterocycles. The first-order chi connectivity index (χ1) is 14.9. The Morgan fingerprint density at radius 3 is 1.94 bits per heavy atom. The summed E-state index contributed by atoms with van der Waals surface area (Å²) in [7, 11) is 0. The SMILES string of the molecule is CCOC(C[C@]1(C#N)c2nc(N)c(C#N)c(C#N)c2[C@H](OCC)C1(C#N)C#N)OCC. The lowest BCUT2D eigenvalue weighted by Crippen LogP contribution is -2.46. The van der Waals surface area contributed by atoms with Gasteiger partial charge in [-0.25, -0.2) is 4.98 Å². The van der Waals surface area contributed by atoms with E-state index >= 15 is 0 Å².